The van der Waals surface area contributed by atoms with E-state index in [4.69, 9.17) is 5.73 Å². The first-order valence-corrected chi connectivity index (χ1v) is 6.79. The van der Waals surface area contributed by atoms with Crippen LogP contribution in [0.2, 0.25) is 0 Å². The second-order valence-corrected chi connectivity index (χ2v) is 6.99. The van der Waals surface area contributed by atoms with E-state index in [9.17, 15) is 4.79 Å². The number of halogens is 3. The van der Waals surface area contributed by atoms with Gasteiger partial charge in [-0.3, -0.25) is 4.79 Å². The van der Waals surface area contributed by atoms with Crippen molar-refractivity contribution in [1.82, 2.24) is 4.90 Å². The number of carbonyl (C=O) groups excluding carboxylic acids is 1. The minimum absolute atomic E-state index is 0. The van der Waals surface area contributed by atoms with Crippen LogP contribution in [0.5, 0.6) is 0 Å². The van der Waals surface area contributed by atoms with E-state index in [2.05, 4.69) is 31.9 Å². The van der Waals surface area contributed by atoms with Crippen LogP contribution in [-0.2, 0) is 0 Å². The molecule has 1 atom stereocenters. The van der Waals surface area contributed by atoms with Crippen molar-refractivity contribution in [3.63, 3.8) is 0 Å². The molecule has 0 fully saturated rings. The fourth-order valence-corrected chi connectivity index (χ4v) is 3.81. The summed E-state index contributed by atoms with van der Waals surface area (Å²) in [7, 11) is 1.76. The highest BCUT2D eigenvalue weighted by molar-refractivity contribution is 9.12. The summed E-state index contributed by atoms with van der Waals surface area (Å²) < 4.78 is 1.78. The average Bonchev–Trinajstić information content (AvgIpc) is 2.54. The van der Waals surface area contributed by atoms with Gasteiger partial charge in [0.05, 0.1) is 13.1 Å². The molecule has 0 spiro atoms. The molecule has 0 aromatic carbocycles. The third-order valence-corrected chi connectivity index (χ3v) is 4.55. The van der Waals surface area contributed by atoms with Gasteiger partial charge in [-0.15, -0.1) is 23.7 Å². The van der Waals surface area contributed by atoms with Crippen molar-refractivity contribution in [3.8, 4) is 0 Å². The van der Waals surface area contributed by atoms with Crippen LogP contribution in [0.3, 0.4) is 0 Å². The van der Waals surface area contributed by atoms with E-state index in [1.807, 2.05) is 13.0 Å². The van der Waals surface area contributed by atoms with Crippen LogP contribution in [0.15, 0.2) is 13.6 Å². The van der Waals surface area contributed by atoms with Gasteiger partial charge in [-0.1, -0.05) is 0 Å². The Balaban J connectivity index is 0.00000225. The molecule has 16 heavy (non-hydrogen) atoms. The molecule has 1 unspecified atom stereocenters. The topological polar surface area (TPSA) is 46.3 Å². The number of hydrogen-bond acceptors (Lipinski definition) is 3. The molecule has 92 valence electrons. The Kier molecular flexibility index (Phi) is 7.12. The van der Waals surface area contributed by atoms with E-state index in [1.165, 1.54) is 11.3 Å². The van der Waals surface area contributed by atoms with Crippen LogP contribution >= 0.6 is 55.6 Å². The maximum absolute atomic E-state index is 12.0. The number of thiophene rings is 1. The molecule has 0 aliphatic heterocycles. The van der Waals surface area contributed by atoms with Gasteiger partial charge in [0.15, 0.2) is 0 Å². The summed E-state index contributed by atoms with van der Waals surface area (Å²) in [4.78, 5) is 13.7. The minimum Gasteiger partial charge on any atom is -0.338 e. The predicted molar refractivity (Wildman–Crippen MR) is 77.6 cm³/mol. The number of likely N-dealkylation sites (N-methyl/N-ethyl adjacent to an activating group) is 1. The van der Waals surface area contributed by atoms with Gasteiger partial charge in [0.25, 0.3) is 5.91 Å². The molecule has 1 heterocycles. The van der Waals surface area contributed by atoms with Crippen LogP contribution < -0.4 is 5.73 Å². The van der Waals surface area contributed by atoms with Crippen LogP contribution in [0, 0.1) is 0 Å². The Morgan fingerprint density at radius 3 is 2.56 bits per heavy atom. The van der Waals surface area contributed by atoms with Crippen molar-refractivity contribution in [2.24, 2.45) is 5.73 Å². The summed E-state index contributed by atoms with van der Waals surface area (Å²) in [5, 5.41) is 0. The Morgan fingerprint density at radius 1 is 1.62 bits per heavy atom. The molecule has 1 aromatic heterocycles. The summed E-state index contributed by atoms with van der Waals surface area (Å²) in [5.41, 5.74) is 6.20. The Hall–Kier alpha value is 0.380. The summed E-state index contributed by atoms with van der Waals surface area (Å²) in [6.45, 7) is 2.39. The van der Waals surface area contributed by atoms with Gasteiger partial charge in [0.1, 0.15) is 0 Å². The van der Waals surface area contributed by atoms with Crippen LogP contribution in [0.4, 0.5) is 0 Å². The second-order valence-electron chi connectivity index (χ2n) is 3.24. The molecule has 0 saturated carbocycles. The summed E-state index contributed by atoms with van der Waals surface area (Å²) in [6, 6.07) is 1.86. The maximum Gasteiger partial charge on any atom is 0.255 e. The quantitative estimate of drug-likeness (QED) is 0.859. The monoisotopic (exact) mass is 390 g/mol. The van der Waals surface area contributed by atoms with E-state index in [-0.39, 0.29) is 24.4 Å². The molecule has 7 heteroatoms. The average molecular weight is 393 g/mol. The summed E-state index contributed by atoms with van der Waals surface area (Å²) in [6.07, 6.45) is 0. The molecule has 3 nitrogen and oxygen atoms in total. The third kappa shape index (κ3) is 3.70. The lowest BCUT2D eigenvalue weighted by molar-refractivity contribution is 0.0748. The number of nitrogens with two attached hydrogens (primary N) is 1. The molecular formula is C9H13Br2ClN2OS. The fourth-order valence-electron chi connectivity index (χ4n) is 1.03. The zero-order valence-electron chi connectivity index (χ0n) is 8.87. The van der Waals surface area contributed by atoms with Crippen molar-refractivity contribution in [1.29, 1.82) is 0 Å². The number of nitrogens with zero attached hydrogens (tertiary/aromatic N) is 1. The highest BCUT2D eigenvalue weighted by Gasteiger charge is 2.20. The van der Waals surface area contributed by atoms with Gasteiger partial charge in [-0.2, -0.15) is 0 Å². The Labute approximate surface area is 122 Å². The molecule has 1 amide bonds. The number of carbonyl (C=O) groups is 1. The van der Waals surface area contributed by atoms with Crippen molar-refractivity contribution in [2.45, 2.75) is 13.0 Å². The smallest absolute Gasteiger partial charge is 0.255 e. The lowest BCUT2D eigenvalue weighted by atomic mass is 10.2. The molecule has 1 rings (SSSR count). The van der Waals surface area contributed by atoms with Gasteiger partial charge < -0.3 is 10.6 Å². The standard InChI is InChI=1S/C9H12Br2N2OS.ClH/c1-5(4-12)13(2)9(14)6-3-7(10)15-8(6)11;/h3,5H,4,12H2,1-2H3;1H. The third-order valence-electron chi connectivity index (χ3n) is 2.21. The molecule has 0 aliphatic carbocycles. The van der Waals surface area contributed by atoms with Crippen LogP contribution in [0.25, 0.3) is 0 Å². The molecule has 0 radical (unpaired) electrons. The molecule has 2 N–H and O–H groups in total. The number of amides is 1. The predicted octanol–water partition coefficient (Wildman–Crippen LogP) is 3.11. The summed E-state index contributed by atoms with van der Waals surface area (Å²) >= 11 is 8.20. The van der Waals surface area contributed by atoms with E-state index in [0.717, 1.165) is 7.57 Å². The first-order chi connectivity index (χ1) is 6.97. The van der Waals surface area contributed by atoms with Crippen LogP contribution in [0.1, 0.15) is 17.3 Å². The van der Waals surface area contributed by atoms with E-state index >= 15 is 0 Å². The van der Waals surface area contributed by atoms with Gasteiger partial charge >= 0.3 is 0 Å². The zero-order valence-corrected chi connectivity index (χ0v) is 13.7. The SMILES string of the molecule is CC(CN)N(C)C(=O)c1cc(Br)sc1Br.Cl. The lowest BCUT2D eigenvalue weighted by Crippen LogP contribution is -2.39. The van der Waals surface area contributed by atoms with Crippen LogP contribution in [-0.4, -0.2) is 30.4 Å². The normalized spacial score (nSPS) is 11.8. The van der Waals surface area contributed by atoms with Crippen molar-refractivity contribution in [2.75, 3.05) is 13.6 Å². The van der Waals surface area contributed by atoms with E-state index in [1.54, 1.807) is 11.9 Å². The Morgan fingerprint density at radius 2 is 2.19 bits per heavy atom. The Bertz CT molecular complexity index is 372. The van der Waals surface area contributed by atoms with Gasteiger partial charge in [-0.25, -0.2) is 0 Å². The highest BCUT2D eigenvalue weighted by Crippen LogP contribution is 2.32. The summed E-state index contributed by atoms with van der Waals surface area (Å²) in [5.74, 6) is -0.0122. The minimum atomic E-state index is -0.0122. The van der Waals surface area contributed by atoms with Gasteiger partial charge in [0, 0.05) is 19.6 Å². The molecule has 0 saturated heterocycles. The fraction of sp³-hybridized carbons (Fsp3) is 0.444. The molecule has 1 aromatic rings. The number of rotatable bonds is 3. The molecular weight excluding hydrogens is 379 g/mol. The largest absolute Gasteiger partial charge is 0.338 e. The van der Waals surface area contributed by atoms with Gasteiger partial charge in [-0.05, 0) is 44.8 Å². The zero-order chi connectivity index (χ0) is 11.6. The van der Waals surface area contributed by atoms with Crippen molar-refractivity contribution < 1.29 is 4.79 Å². The van der Waals surface area contributed by atoms with Gasteiger partial charge in [0.2, 0.25) is 0 Å². The van der Waals surface area contributed by atoms with E-state index < -0.39 is 0 Å². The van der Waals surface area contributed by atoms with Crippen molar-refractivity contribution >= 4 is 61.5 Å². The van der Waals surface area contributed by atoms with Crippen molar-refractivity contribution in [3.05, 3.63) is 19.2 Å². The number of hydrogen-bond donors (Lipinski definition) is 1. The molecule has 0 aliphatic rings. The van der Waals surface area contributed by atoms with E-state index in [0.29, 0.717) is 12.1 Å². The first-order valence-electron chi connectivity index (χ1n) is 4.39. The second kappa shape index (κ2) is 6.96. The lowest BCUT2D eigenvalue weighted by Gasteiger charge is -2.23. The maximum atomic E-state index is 12.0. The highest BCUT2D eigenvalue weighted by atomic mass is 79.9. The molecule has 0 bridgehead atoms. The first kappa shape index (κ1) is 16.4.